The first-order valence-corrected chi connectivity index (χ1v) is 8.19. The highest BCUT2D eigenvalue weighted by Crippen LogP contribution is 2.12. The van der Waals surface area contributed by atoms with Crippen molar-refractivity contribution in [1.82, 2.24) is 10.2 Å². The van der Waals surface area contributed by atoms with Crippen molar-refractivity contribution in [2.75, 3.05) is 26.2 Å². The topological polar surface area (TPSA) is 24.5 Å². The van der Waals surface area contributed by atoms with Crippen LogP contribution in [0.4, 0.5) is 0 Å². The molecule has 0 unspecified atom stereocenters. The van der Waals surface area contributed by atoms with E-state index in [4.69, 9.17) is 4.74 Å². The quantitative estimate of drug-likeness (QED) is 0.714. The van der Waals surface area contributed by atoms with Gasteiger partial charge in [0.1, 0.15) is 12.4 Å². The van der Waals surface area contributed by atoms with Crippen molar-refractivity contribution in [3.63, 3.8) is 0 Å². The molecule has 1 aromatic rings. The van der Waals surface area contributed by atoms with Crippen LogP contribution in [-0.2, 0) is 6.54 Å². The van der Waals surface area contributed by atoms with Crippen LogP contribution in [0.5, 0.6) is 5.75 Å². The third-order valence-electron chi connectivity index (χ3n) is 3.59. The lowest BCUT2D eigenvalue weighted by Crippen LogP contribution is -2.34. The van der Waals surface area contributed by atoms with Gasteiger partial charge >= 0.3 is 0 Å². The van der Waals surface area contributed by atoms with Crippen LogP contribution < -0.4 is 10.1 Å². The monoisotopic (exact) mass is 292 g/mol. The molecule has 1 aromatic carbocycles. The number of hydrogen-bond donors (Lipinski definition) is 1. The maximum absolute atomic E-state index is 5.82. The number of rotatable bonds is 10. The van der Waals surface area contributed by atoms with Gasteiger partial charge in [0.05, 0.1) is 0 Å². The molecule has 3 heteroatoms. The largest absolute Gasteiger partial charge is 0.492 e. The highest BCUT2D eigenvalue weighted by atomic mass is 16.5. The summed E-state index contributed by atoms with van der Waals surface area (Å²) in [7, 11) is 0. The van der Waals surface area contributed by atoms with Crippen LogP contribution in [0.15, 0.2) is 24.3 Å². The van der Waals surface area contributed by atoms with Crippen molar-refractivity contribution < 1.29 is 4.74 Å². The Morgan fingerprint density at radius 1 is 1.10 bits per heavy atom. The highest BCUT2D eigenvalue weighted by molar-refractivity contribution is 5.27. The van der Waals surface area contributed by atoms with E-state index in [1.807, 2.05) is 0 Å². The highest BCUT2D eigenvalue weighted by Gasteiger charge is 2.06. The maximum Gasteiger partial charge on any atom is 0.119 e. The summed E-state index contributed by atoms with van der Waals surface area (Å²) in [6, 6.07) is 8.99. The molecule has 1 rings (SSSR count). The Balaban J connectivity index is 2.30. The first-order valence-electron chi connectivity index (χ1n) is 8.19. The summed E-state index contributed by atoms with van der Waals surface area (Å²) >= 11 is 0. The van der Waals surface area contributed by atoms with E-state index in [1.54, 1.807) is 0 Å². The molecule has 0 spiro atoms. The van der Waals surface area contributed by atoms with Gasteiger partial charge < -0.3 is 10.1 Å². The molecular formula is C18H32N2O. The fourth-order valence-corrected chi connectivity index (χ4v) is 2.27. The number of hydrogen-bond acceptors (Lipinski definition) is 3. The van der Waals surface area contributed by atoms with E-state index in [-0.39, 0.29) is 0 Å². The standard InChI is InChI=1S/C18H32N2O/c1-6-20(16(4)5)11-12-21-18-9-7-17(8-10-18)14-19-13-15(2)3/h7-10,15-16,19H,6,11-14H2,1-5H3. The number of ether oxygens (including phenoxy) is 1. The van der Waals surface area contributed by atoms with Gasteiger partial charge in [-0.05, 0) is 50.6 Å². The zero-order valence-corrected chi connectivity index (χ0v) is 14.4. The minimum atomic E-state index is 0.577. The van der Waals surface area contributed by atoms with Gasteiger partial charge in [-0.1, -0.05) is 32.9 Å². The van der Waals surface area contributed by atoms with Crippen LogP contribution in [0.25, 0.3) is 0 Å². The molecule has 0 aromatic heterocycles. The summed E-state index contributed by atoms with van der Waals surface area (Å²) in [5.41, 5.74) is 1.31. The Morgan fingerprint density at radius 2 is 1.76 bits per heavy atom. The van der Waals surface area contributed by atoms with Crippen LogP contribution in [0, 0.1) is 5.92 Å². The predicted molar refractivity (Wildman–Crippen MR) is 90.9 cm³/mol. The van der Waals surface area contributed by atoms with Crippen LogP contribution in [0.3, 0.4) is 0 Å². The van der Waals surface area contributed by atoms with Gasteiger partial charge in [-0.25, -0.2) is 0 Å². The van der Waals surface area contributed by atoms with Crippen molar-refractivity contribution in [2.45, 2.75) is 47.2 Å². The van der Waals surface area contributed by atoms with E-state index in [0.29, 0.717) is 12.0 Å². The molecule has 0 aliphatic rings. The average Bonchev–Trinajstić information content (AvgIpc) is 2.44. The smallest absolute Gasteiger partial charge is 0.119 e. The van der Waals surface area contributed by atoms with Gasteiger partial charge in [-0.2, -0.15) is 0 Å². The molecule has 0 amide bonds. The molecule has 0 radical (unpaired) electrons. The van der Waals surface area contributed by atoms with Gasteiger partial charge in [0, 0.05) is 19.1 Å². The molecule has 0 saturated heterocycles. The molecule has 120 valence electrons. The van der Waals surface area contributed by atoms with Crippen molar-refractivity contribution in [1.29, 1.82) is 0 Å². The van der Waals surface area contributed by atoms with Crippen LogP contribution in [-0.4, -0.2) is 37.2 Å². The molecule has 0 aliphatic carbocycles. The van der Waals surface area contributed by atoms with Gasteiger partial charge in [0.25, 0.3) is 0 Å². The number of nitrogens with zero attached hydrogens (tertiary/aromatic N) is 1. The number of likely N-dealkylation sites (N-methyl/N-ethyl adjacent to an activating group) is 1. The van der Waals surface area contributed by atoms with E-state index in [9.17, 15) is 0 Å². The third kappa shape index (κ3) is 7.49. The van der Waals surface area contributed by atoms with E-state index >= 15 is 0 Å². The normalized spacial score (nSPS) is 11.6. The zero-order valence-electron chi connectivity index (χ0n) is 14.4. The number of benzene rings is 1. The molecule has 0 aliphatic heterocycles. The van der Waals surface area contributed by atoms with Gasteiger partial charge in [-0.3, -0.25) is 4.90 Å². The second-order valence-electron chi connectivity index (χ2n) is 6.24. The van der Waals surface area contributed by atoms with Gasteiger partial charge in [0.15, 0.2) is 0 Å². The molecule has 0 saturated carbocycles. The fourth-order valence-electron chi connectivity index (χ4n) is 2.27. The van der Waals surface area contributed by atoms with E-state index in [2.05, 4.69) is 69.1 Å². The Morgan fingerprint density at radius 3 is 2.29 bits per heavy atom. The summed E-state index contributed by atoms with van der Waals surface area (Å²) in [4.78, 5) is 2.41. The number of nitrogens with one attached hydrogen (secondary N) is 1. The lowest BCUT2D eigenvalue weighted by Gasteiger charge is -2.24. The van der Waals surface area contributed by atoms with Gasteiger partial charge in [0.2, 0.25) is 0 Å². The Hall–Kier alpha value is -1.06. The van der Waals surface area contributed by atoms with E-state index < -0.39 is 0 Å². The van der Waals surface area contributed by atoms with Crippen molar-refractivity contribution in [2.24, 2.45) is 5.92 Å². The second kappa shape index (κ2) is 9.80. The van der Waals surface area contributed by atoms with Crippen molar-refractivity contribution in [3.8, 4) is 5.75 Å². The molecular weight excluding hydrogens is 260 g/mol. The molecule has 0 heterocycles. The van der Waals surface area contributed by atoms with Crippen molar-refractivity contribution >= 4 is 0 Å². The second-order valence-corrected chi connectivity index (χ2v) is 6.24. The Labute approximate surface area is 130 Å². The SMILES string of the molecule is CCN(CCOc1ccc(CNCC(C)C)cc1)C(C)C. The van der Waals surface area contributed by atoms with E-state index in [1.165, 1.54) is 5.56 Å². The summed E-state index contributed by atoms with van der Waals surface area (Å²) in [6.07, 6.45) is 0. The minimum absolute atomic E-state index is 0.577. The first-order chi connectivity index (χ1) is 10.0. The lowest BCUT2D eigenvalue weighted by molar-refractivity contribution is 0.183. The Kier molecular flexibility index (Phi) is 8.40. The average molecular weight is 292 g/mol. The summed E-state index contributed by atoms with van der Waals surface area (Å²) in [5.74, 6) is 1.65. The summed E-state index contributed by atoms with van der Waals surface area (Å²) in [6.45, 7) is 15.9. The minimum Gasteiger partial charge on any atom is -0.492 e. The summed E-state index contributed by atoms with van der Waals surface area (Å²) < 4.78 is 5.82. The fraction of sp³-hybridized carbons (Fsp3) is 0.667. The van der Waals surface area contributed by atoms with Gasteiger partial charge in [-0.15, -0.1) is 0 Å². The zero-order chi connectivity index (χ0) is 15.7. The summed E-state index contributed by atoms with van der Waals surface area (Å²) in [5, 5.41) is 3.45. The molecule has 0 bridgehead atoms. The first kappa shape index (κ1) is 18.0. The lowest BCUT2D eigenvalue weighted by atomic mass is 10.2. The van der Waals surface area contributed by atoms with E-state index in [0.717, 1.165) is 38.5 Å². The maximum atomic E-state index is 5.82. The predicted octanol–water partition coefficient (Wildman–Crippen LogP) is 3.54. The Bertz CT molecular complexity index is 373. The molecule has 3 nitrogen and oxygen atoms in total. The van der Waals surface area contributed by atoms with Crippen LogP contribution in [0.2, 0.25) is 0 Å². The van der Waals surface area contributed by atoms with Crippen LogP contribution >= 0.6 is 0 Å². The molecule has 21 heavy (non-hydrogen) atoms. The van der Waals surface area contributed by atoms with Crippen molar-refractivity contribution in [3.05, 3.63) is 29.8 Å². The van der Waals surface area contributed by atoms with Crippen LogP contribution in [0.1, 0.15) is 40.2 Å². The molecule has 0 atom stereocenters. The molecule has 0 fully saturated rings. The third-order valence-corrected chi connectivity index (χ3v) is 3.59. The molecule has 1 N–H and O–H groups in total.